The lowest BCUT2D eigenvalue weighted by molar-refractivity contribution is 1.27. The number of nitrogens with two attached hydrogens (primary N) is 1. The van der Waals surface area contributed by atoms with Gasteiger partial charge in [0.05, 0.1) is 0 Å². The van der Waals surface area contributed by atoms with Gasteiger partial charge in [-0.2, -0.15) is 0 Å². The lowest BCUT2D eigenvalue weighted by Gasteiger charge is -1.91. The van der Waals surface area contributed by atoms with Crippen molar-refractivity contribution in [2.75, 3.05) is 5.73 Å². The molecular formula is C8H8N2. The Balaban J connectivity index is 2.81. The monoisotopic (exact) mass is 132 g/mol. The number of benzene rings is 1. The molecule has 0 radical (unpaired) electrons. The zero-order chi connectivity index (χ0) is 7.40. The highest BCUT2D eigenvalue weighted by molar-refractivity contribution is 5.39. The van der Waals surface area contributed by atoms with Crippen molar-refractivity contribution in [1.29, 1.82) is 0 Å². The highest BCUT2D eigenvalue weighted by atomic mass is 14.6. The average Bonchev–Trinajstić information content (AvgIpc) is 1.95. The van der Waals surface area contributed by atoms with Crippen molar-refractivity contribution in [3.8, 4) is 0 Å². The van der Waals surface area contributed by atoms with Gasteiger partial charge < -0.3 is 10.6 Å². The summed E-state index contributed by atoms with van der Waals surface area (Å²) in [5, 5.41) is 0. The molecule has 2 heteroatoms. The molecule has 0 aliphatic carbocycles. The molecule has 0 saturated carbocycles. The van der Waals surface area contributed by atoms with E-state index < -0.39 is 0 Å². The molecule has 1 aromatic rings. The van der Waals surface area contributed by atoms with Crippen LogP contribution in [0, 0.1) is 6.57 Å². The smallest absolute Gasteiger partial charge is 0.239 e. The summed E-state index contributed by atoms with van der Waals surface area (Å²) in [7, 11) is 0. The first-order chi connectivity index (χ1) is 4.83. The van der Waals surface area contributed by atoms with Crippen LogP contribution in [-0.4, -0.2) is 0 Å². The normalized spacial score (nSPS) is 8.70. The third kappa shape index (κ3) is 1.49. The van der Waals surface area contributed by atoms with Crippen LogP contribution < -0.4 is 5.73 Å². The fraction of sp³-hybridized carbons (Fsp3) is 0.125. The van der Waals surface area contributed by atoms with Gasteiger partial charge in [-0.25, -0.2) is 6.57 Å². The third-order valence-electron chi connectivity index (χ3n) is 1.24. The SMILES string of the molecule is [C-]#[N+]Cc1ccc(N)cc1. The van der Waals surface area contributed by atoms with Crippen LogP contribution in [0.3, 0.4) is 0 Å². The van der Waals surface area contributed by atoms with Gasteiger partial charge in [0.25, 0.3) is 0 Å². The second kappa shape index (κ2) is 2.88. The standard InChI is InChI=1S/C8H8N2/c1-10-6-7-2-4-8(9)5-3-7/h2-5H,6,9H2. The molecule has 0 unspecified atom stereocenters. The predicted octanol–water partition coefficient (Wildman–Crippen LogP) is 1.69. The summed E-state index contributed by atoms with van der Waals surface area (Å²) in [5.74, 6) is 0. The zero-order valence-electron chi connectivity index (χ0n) is 5.54. The minimum absolute atomic E-state index is 0.445. The molecule has 0 aromatic heterocycles. The fourth-order valence-corrected chi connectivity index (χ4v) is 0.714. The molecule has 0 amide bonds. The number of hydrogen-bond acceptors (Lipinski definition) is 1. The number of rotatable bonds is 1. The molecule has 0 saturated heterocycles. The van der Waals surface area contributed by atoms with E-state index in [4.69, 9.17) is 12.3 Å². The van der Waals surface area contributed by atoms with Crippen LogP contribution in [-0.2, 0) is 6.54 Å². The Kier molecular flexibility index (Phi) is 1.91. The van der Waals surface area contributed by atoms with Crippen LogP contribution in [0.1, 0.15) is 5.56 Å². The number of anilines is 1. The van der Waals surface area contributed by atoms with E-state index in [2.05, 4.69) is 4.85 Å². The van der Waals surface area contributed by atoms with Crippen molar-refractivity contribution in [3.05, 3.63) is 41.2 Å². The quantitative estimate of drug-likeness (QED) is 0.457. The number of nitrogens with zero attached hydrogens (tertiary/aromatic N) is 1. The molecule has 2 N–H and O–H groups in total. The lowest BCUT2D eigenvalue weighted by atomic mass is 10.2. The first kappa shape index (κ1) is 6.63. The maximum atomic E-state index is 6.59. The highest BCUT2D eigenvalue weighted by Crippen LogP contribution is 2.05. The van der Waals surface area contributed by atoms with E-state index in [1.54, 1.807) is 12.1 Å². The van der Waals surface area contributed by atoms with Crippen LogP contribution in [0.15, 0.2) is 24.3 Å². The molecule has 0 bridgehead atoms. The summed E-state index contributed by atoms with van der Waals surface area (Å²) < 4.78 is 0. The van der Waals surface area contributed by atoms with E-state index in [9.17, 15) is 0 Å². The Morgan fingerprint density at radius 2 is 1.90 bits per heavy atom. The van der Waals surface area contributed by atoms with Crippen LogP contribution in [0.5, 0.6) is 0 Å². The van der Waals surface area contributed by atoms with Crippen molar-refractivity contribution >= 4 is 5.69 Å². The summed E-state index contributed by atoms with van der Waals surface area (Å²) in [6.07, 6.45) is 0. The van der Waals surface area contributed by atoms with Crippen molar-refractivity contribution in [3.63, 3.8) is 0 Å². The Hall–Kier alpha value is -1.49. The van der Waals surface area contributed by atoms with Gasteiger partial charge in [0.2, 0.25) is 6.54 Å². The third-order valence-corrected chi connectivity index (χ3v) is 1.24. The minimum Gasteiger partial charge on any atom is -0.399 e. The fourth-order valence-electron chi connectivity index (χ4n) is 0.714. The molecule has 0 aliphatic heterocycles. The Morgan fingerprint density at radius 3 is 2.40 bits per heavy atom. The summed E-state index contributed by atoms with van der Waals surface area (Å²) in [6.45, 7) is 7.03. The second-order valence-electron chi connectivity index (χ2n) is 2.06. The largest absolute Gasteiger partial charge is 0.399 e. The van der Waals surface area contributed by atoms with E-state index in [0.29, 0.717) is 6.54 Å². The molecule has 0 aliphatic rings. The van der Waals surface area contributed by atoms with Gasteiger partial charge in [-0.1, -0.05) is 0 Å². The van der Waals surface area contributed by atoms with E-state index in [-0.39, 0.29) is 0 Å². The second-order valence-corrected chi connectivity index (χ2v) is 2.06. The van der Waals surface area contributed by atoms with Gasteiger partial charge >= 0.3 is 0 Å². The highest BCUT2D eigenvalue weighted by Gasteiger charge is 1.91. The van der Waals surface area contributed by atoms with Gasteiger partial charge in [0, 0.05) is 11.3 Å². The minimum atomic E-state index is 0.445. The maximum absolute atomic E-state index is 6.59. The first-order valence-corrected chi connectivity index (χ1v) is 3.00. The first-order valence-electron chi connectivity index (χ1n) is 3.00. The molecule has 0 spiro atoms. The van der Waals surface area contributed by atoms with E-state index in [1.165, 1.54) is 0 Å². The van der Waals surface area contributed by atoms with Gasteiger partial charge in [-0.15, -0.1) is 0 Å². The van der Waals surface area contributed by atoms with Crippen molar-refractivity contribution in [2.45, 2.75) is 6.54 Å². The number of nitrogen functional groups attached to an aromatic ring is 1. The van der Waals surface area contributed by atoms with Gasteiger partial charge in [0.1, 0.15) is 0 Å². The Morgan fingerprint density at radius 1 is 1.30 bits per heavy atom. The molecule has 50 valence electrons. The van der Waals surface area contributed by atoms with Crippen LogP contribution in [0.2, 0.25) is 0 Å². The van der Waals surface area contributed by atoms with Crippen molar-refractivity contribution in [2.24, 2.45) is 0 Å². The Bertz CT molecular complexity index is 243. The number of hydrogen-bond donors (Lipinski definition) is 1. The van der Waals surface area contributed by atoms with Crippen molar-refractivity contribution < 1.29 is 0 Å². The molecule has 0 fully saturated rings. The van der Waals surface area contributed by atoms with Gasteiger partial charge in [-0.3, -0.25) is 0 Å². The zero-order valence-corrected chi connectivity index (χ0v) is 5.54. The molecule has 1 aromatic carbocycles. The van der Waals surface area contributed by atoms with E-state index in [1.807, 2.05) is 12.1 Å². The van der Waals surface area contributed by atoms with E-state index in [0.717, 1.165) is 11.3 Å². The van der Waals surface area contributed by atoms with Crippen molar-refractivity contribution in [1.82, 2.24) is 0 Å². The van der Waals surface area contributed by atoms with Crippen LogP contribution in [0.25, 0.3) is 4.85 Å². The summed E-state index contributed by atoms with van der Waals surface area (Å²) in [5.41, 5.74) is 7.21. The Labute approximate surface area is 60.1 Å². The van der Waals surface area contributed by atoms with Crippen LogP contribution in [0.4, 0.5) is 5.69 Å². The predicted molar refractivity (Wildman–Crippen MR) is 41.2 cm³/mol. The molecular weight excluding hydrogens is 124 g/mol. The van der Waals surface area contributed by atoms with Crippen LogP contribution >= 0.6 is 0 Å². The molecule has 10 heavy (non-hydrogen) atoms. The topological polar surface area (TPSA) is 30.4 Å². The van der Waals surface area contributed by atoms with Gasteiger partial charge in [0.15, 0.2) is 0 Å². The molecule has 2 nitrogen and oxygen atoms in total. The van der Waals surface area contributed by atoms with Gasteiger partial charge in [-0.05, 0) is 24.3 Å². The lowest BCUT2D eigenvalue weighted by Crippen LogP contribution is -1.84. The summed E-state index contributed by atoms with van der Waals surface area (Å²) in [4.78, 5) is 3.24. The summed E-state index contributed by atoms with van der Waals surface area (Å²) in [6, 6.07) is 7.35. The average molecular weight is 132 g/mol. The van der Waals surface area contributed by atoms with E-state index >= 15 is 0 Å². The summed E-state index contributed by atoms with van der Waals surface area (Å²) >= 11 is 0. The maximum Gasteiger partial charge on any atom is 0.239 e. The molecule has 0 atom stereocenters. The molecule has 0 heterocycles. The molecule has 1 rings (SSSR count).